The van der Waals surface area contributed by atoms with E-state index in [1.54, 1.807) is 0 Å². The van der Waals surface area contributed by atoms with Gasteiger partial charge in [0.25, 0.3) is 0 Å². The zero-order valence-electron chi connectivity index (χ0n) is 14.6. The van der Waals surface area contributed by atoms with Crippen LogP contribution in [0, 0.1) is 13.8 Å². The number of unbranched alkanes of at least 4 members (excludes halogenated alkanes) is 1. The van der Waals surface area contributed by atoms with Gasteiger partial charge in [-0.2, -0.15) is 4.98 Å². The summed E-state index contributed by atoms with van der Waals surface area (Å²) in [5, 5.41) is 3.25. The molecule has 1 heterocycles. The lowest BCUT2D eigenvalue weighted by molar-refractivity contribution is 0.394. The predicted octanol–water partition coefficient (Wildman–Crippen LogP) is 3.30. The lowest BCUT2D eigenvalue weighted by atomic mass is 10.1. The van der Waals surface area contributed by atoms with Crippen molar-refractivity contribution < 1.29 is 0 Å². The van der Waals surface area contributed by atoms with Crippen LogP contribution in [0.3, 0.4) is 0 Å². The maximum Gasteiger partial charge on any atom is 0.229 e. The quantitative estimate of drug-likeness (QED) is 0.768. The summed E-state index contributed by atoms with van der Waals surface area (Å²) in [6, 6.07) is 6.14. The number of aryl methyl sites for hydroxylation is 2. The van der Waals surface area contributed by atoms with Crippen LogP contribution < -0.4 is 11.1 Å². The van der Waals surface area contributed by atoms with Gasteiger partial charge in [0.2, 0.25) is 5.95 Å². The van der Waals surface area contributed by atoms with Gasteiger partial charge in [0.15, 0.2) is 0 Å². The van der Waals surface area contributed by atoms with Gasteiger partial charge >= 0.3 is 0 Å². The van der Waals surface area contributed by atoms with Crippen LogP contribution in [0.5, 0.6) is 0 Å². The van der Waals surface area contributed by atoms with Gasteiger partial charge in [0.1, 0.15) is 5.82 Å². The van der Waals surface area contributed by atoms with E-state index < -0.39 is 0 Å². The van der Waals surface area contributed by atoms with E-state index in [-0.39, 0.29) is 0 Å². The Labute approximate surface area is 138 Å². The smallest absolute Gasteiger partial charge is 0.229 e. The van der Waals surface area contributed by atoms with Crippen LogP contribution in [0.25, 0.3) is 0 Å². The van der Waals surface area contributed by atoms with E-state index in [0.29, 0.717) is 11.8 Å². The summed E-state index contributed by atoms with van der Waals surface area (Å²) in [7, 11) is 4.18. The van der Waals surface area contributed by atoms with E-state index in [1.807, 2.05) is 18.3 Å². The molecular formula is C18H27N5. The molecule has 0 unspecified atom stereocenters. The Morgan fingerprint density at radius 1 is 1.17 bits per heavy atom. The summed E-state index contributed by atoms with van der Waals surface area (Å²) in [6.45, 7) is 5.26. The van der Waals surface area contributed by atoms with Crippen LogP contribution in [-0.4, -0.2) is 35.5 Å². The number of aromatic nitrogens is 2. The molecular weight excluding hydrogens is 286 g/mol. The SMILES string of the molecule is Cc1cccc(Nc2ncc(CCCCN(C)C)c(N)n2)c1C. The van der Waals surface area contributed by atoms with Crippen molar-refractivity contribution in [1.82, 2.24) is 14.9 Å². The molecule has 2 aromatic rings. The molecule has 0 bridgehead atoms. The van der Waals surface area contributed by atoms with Crippen molar-refractivity contribution >= 4 is 17.5 Å². The predicted molar refractivity (Wildman–Crippen MR) is 97.1 cm³/mol. The molecule has 1 aromatic heterocycles. The first kappa shape index (κ1) is 17.2. The average molecular weight is 313 g/mol. The van der Waals surface area contributed by atoms with E-state index in [4.69, 9.17) is 5.73 Å². The number of benzene rings is 1. The highest BCUT2D eigenvalue weighted by atomic mass is 15.1. The molecule has 0 aliphatic rings. The molecule has 1 aromatic carbocycles. The molecule has 0 atom stereocenters. The standard InChI is InChI=1S/C18H27N5/c1-13-8-7-10-16(14(13)2)21-18-20-12-15(17(19)22-18)9-5-6-11-23(3)4/h7-8,10,12H,5-6,9,11H2,1-4H3,(H3,19,20,21,22). The molecule has 0 saturated carbocycles. The zero-order chi connectivity index (χ0) is 16.8. The summed E-state index contributed by atoms with van der Waals surface area (Å²) < 4.78 is 0. The average Bonchev–Trinajstić information content (AvgIpc) is 2.50. The van der Waals surface area contributed by atoms with Crippen molar-refractivity contribution in [2.45, 2.75) is 33.1 Å². The maximum atomic E-state index is 6.08. The lowest BCUT2D eigenvalue weighted by Crippen LogP contribution is -2.13. The van der Waals surface area contributed by atoms with Gasteiger partial charge in [0, 0.05) is 17.4 Å². The molecule has 5 heteroatoms. The van der Waals surface area contributed by atoms with Crippen LogP contribution in [0.4, 0.5) is 17.5 Å². The lowest BCUT2D eigenvalue weighted by Gasteiger charge is -2.12. The number of anilines is 3. The van der Waals surface area contributed by atoms with Crippen molar-refractivity contribution in [1.29, 1.82) is 0 Å². The number of nitrogens with zero attached hydrogens (tertiary/aromatic N) is 3. The highest BCUT2D eigenvalue weighted by molar-refractivity contribution is 5.61. The molecule has 0 aliphatic heterocycles. The molecule has 2 rings (SSSR count). The van der Waals surface area contributed by atoms with Crippen molar-refractivity contribution in [3.8, 4) is 0 Å². The second-order valence-corrected chi connectivity index (χ2v) is 6.24. The third-order valence-corrected chi connectivity index (χ3v) is 4.05. The van der Waals surface area contributed by atoms with Crippen molar-refractivity contribution in [3.63, 3.8) is 0 Å². The molecule has 3 N–H and O–H groups in total. The fraction of sp³-hybridized carbons (Fsp3) is 0.444. The van der Waals surface area contributed by atoms with Gasteiger partial charge in [0.05, 0.1) is 0 Å². The van der Waals surface area contributed by atoms with Crippen molar-refractivity contribution in [2.75, 3.05) is 31.7 Å². The van der Waals surface area contributed by atoms with E-state index in [1.165, 1.54) is 11.1 Å². The summed E-state index contributed by atoms with van der Waals surface area (Å²) in [6.07, 6.45) is 5.00. The van der Waals surface area contributed by atoms with Crippen LogP contribution in [0.15, 0.2) is 24.4 Å². The van der Waals surface area contributed by atoms with E-state index in [9.17, 15) is 0 Å². The first-order valence-corrected chi connectivity index (χ1v) is 8.06. The van der Waals surface area contributed by atoms with Crippen LogP contribution in [0.1, 0.15) is 29.5 Å². The first-order chi connectivity index (χ1) is 11.0. The Balaban J connectivity index is 2.00. The summed E-state index contributed by atoms with van der Waals surface area (Å²) in [4.78, 5) is 11.0. The molecule has 0 fully saturated rings. The Morgan fingerprint density at radius 3 is 2.65 bits per heavy atom. The number of nitrogen functional groups attached to an aromatic ring is 1. The minimum absolute atomic E-state index is 0.549. The molecule has 124 valence electrons. The first-order valence-electron chi connectivity index (χ1n) is 8.06. The summed E-state index contributed by atoms with van der Waals surface area (Å²) >= 11 is 0. The number of hydrogen-bond donors (Lipinski definition) is 2. The van der Waals surface area contributed by atoms with E-state index in [0.717, 1.165) is 37.1 Å². The fourth-order valence-corrected chi connectivity index (χ4v) is 2.42. The number of nitrogens with one attached hydrogen (secondary N) is 1. The van der Waals surface area contributed by atoms with Gasteiger partial charge < -0.3 is 16.0 Å². The molecule has 5 nitrogen and oxygen atoms in total. The van der Waals surface area contributed by atoms with Crippen molar-refractivity contribution in [2.24, 2.45) is 0 Å². The summed E-state index contributed by atoms with van der Waals surface area (Å²) in [5.74, 6) is 1.12. The number of rotatable bonds is 7. The molecule has 0 amide bonds. The largest absolute Gasteiger partial charge is 0.383 e. The highest BCUT2D eigenvalue weighted by Gasteiger charge is 2.07. The van der Waals surface area contributed by atoms with Gasteiger partial charge in [-0.3, -0.25) is 0 Å². The second kappa shape index (κ2) is 7.92. The van der Waals surface area contributed by atoms with Gasteiger partial charge in [-0.15, -0.1) is 0 Å². The van der Waals surface area contributed by atoms with Crippen LogP contribution >= 0.6 is 0 Å². The normalized spacial score (nSPS) is 11.0. The molecule has 0 saturated heterocycles. The summed E-state index contributed by atoms with van der Waals surface area (Å²) in [5.41, 5.74) is 10.6. The topological polar surface area (TPSA) is 67.1 Å². The molecule has 0 radical (unpaired) electrons. The molecule has 0 aliphatic carbocycles. The van der Waals surface area contributed by atoms with Crippen molar-refractivity contribution in [3.05, 3.63) is 41.1 Å². The van der Waals surface area contributed by atoms with E-state index in [2.05, 4.69) is 54.2 Å². The third-order valence-electron chi connectivity index (χ3n) is 4.05. The Bertz CT molecular complexity index is 652. The maximum absolute atomic E-state index is 6.08. The minimum Gasteiger partial charge on any atom is -0.383 e. The monoisotopic (exact) mass is 313 g/mol. The Kier molecular flexibility index (Phi) is 5.93. The minimum atomic E-state index is 0.549. The fourth-order valence-electron chi connectivity index (χ4n) is 2.42. The molecule has 23 heavy (non-hydrogen) atoms. The second-order valence-electron chi connectivity index (χ2n) is 6.24. The van der Waals surface area contributed by atoms with Crippen LogP contribution in [0.2, 0.25) is 0 Å². The zero-order valence-corrected chi connectivity index (χ0v) is 14.6. The Morgan fingerprint density at radius 2 is 1.96 bits per heavy atom. The highest BCUT2D eigenvalue weighted by Crippen LogP contribution is 2.22. The number of nitrogens with two attached hydrogens (primary N) is 1. The van der Waals surface area contributed by atoms with E-state index >= 15 is 0 Å². The van der Waals surface area contributed by atoms with Crippen LogP contribution in [-0.2, 0) is 6.42 Å². The van der Waals surface area contributed by atoms with Gasteiger partial charge in [-0.1, -0.05) is 12.1 Å². The molecule has 0 spiro atoms. The Hall–Kier alpha value is -2.14. The van der Waals surface area contributed by atoms with Gasteiger partial charge in [-0.25, -0.2) is 4.98 Å². The van der Waals surface area contributed by atoms with Gasteiger partial charge in [-0.05, 0) is 70.9 Å². The number of hydrogen-bond acceptors (Lipinski definition) is 5. The third kappa shape index (κ3) is 4.93.